The van der Waals surface area contributed by atoms with E-state index in [2.05, 4.69) is 10.4 Å². The van der Waals surface area contributed by atoms with Crippen LogP contribution < -0.4 is 5.32 Å². The van der Waals surface area contributed by atoms with Gasteiger partial charge in [0.2, 0.25) is 0 Å². The molecule has 1 N–H and O–H groups in total. The van der Waals surface area contributed by atoms with Crippen LogP contribution in [0.1, 0.15) is 18.2 Å². The largest absolute Gasteiger partial charge is 0.311 e. The Morgan fingerprint density at radius 3 is 2.89 bits per heavy atom. The number of benzene rings is 1. The van der Waals surface area contributed by atoms with E-state index in [0.29, 0.717) is 12.1 Å². The number of rotatable bonds is 5. The van der Waals surface area contributed by atoms with E-state index in [4.69, 9.17) is 0 Å². The molecule has 0 aliphatic carbocycles. The fourth-order valence-corrected chi connectivity index (χ4v) is 1.74. The summed E-state index contributed by atoms with van der Waals surface area (Å²) >= 11 is 0. The molecule has 0 saturated carbocycles. The van der Waals surface area contributed by atoms with Crippen LogP contribution in [0.5, 0.6) is 0 Å². The van der Waals surface area contributed by atoms with Gasteiger partial charge in [0.05, 0.1) is 12.2 Å². The van der Waals surface area contributed by atoms with E-state index in [-0.39, 0.29) is 6.54 Å². The zero-order valence-electron chi connectivity index (χ0n) is 10.2. The van der Waals surface area contributed by atoms with Gasteiger partial charge in [-0.25, -0.2) is 8.78 Å². The minimum absolute atomic E-state index is 0.233. The number of halogens is 2. The highest BCUT2D eigenvalue weighted by molar-refractivity contribution is 5.19. The molecule has 1 aromatic carbocycles. The monoisotopic (exact) mass is 251 g/mol. The molecule has 0 atom stereocenters. The van der Waals surface area contributed by atoms with Gasteiger partial charge in [0.1, 0.15) is 0 Å². The summed E-state index contributed by atoms with van der Waals surface area (Å²) in [5, 5.41) is 7.30. The molecule has 5 heteroatoms. The van der Waals surface area contributed by atoms with Crippen molar-refractivity contribution in [1.82, 2.24) is 15.1 Å². The molecule has 1 aromatic heterocycles. The first-order valence-corrected chi connectivity index (χ1v) is 5.86. The maximum absolute atomic E-state index is 13.5. The van der Waals surface area contributed by atoms with E-state index in [1.807, 2.05) is 13.0 Å². The molecule has 0 fully saturated rings. The second-order valence-electron chi connectivity index (χ2n) is 3.97. The van der Waals surface area contributed by atoms with Gasteiger partial charge >= 0.3 is 0 Å². The zero-order valence-corrected chi connectivity index (χ0v) is 10.2. The molecule has 18 heavy (non-hydrogen) atoms. The lowest BCUT2D eigenvalue weighted by atomic mass is 10.2. The van der Waals surface area contributed by atoms with Crippen LogP contribution in [0.2, 0.25) is 0 Å². The highest BCUT2D eigenvalue weighted by atomic mass is 19.2. The lowest BCUT2D eigenvalue weighted by Crippen LogP contribution is -2.17. The smallest absolute Gasteiger partial charge is 0.163 e. The van der Waals surface area contributed by atoms with Crippen LogP contribution in [-0.4, -0.2) is 16.3 Å². The van der Waals surface area contributed by atoms with E-state index in [0.717, 1.165) is 18.3 Å². The summed E-state index contributed by atoms with van der Waals surface area (Å²) in [7, 11) is 0. The van der Waals surface area contributed by atoms with Crippen molar-refractivity contribution in [3.63, 3.8) is 0 Å². The Kier molecular flexibility index (Phi) is 4.04. The average Bonchev–Trinajstić information content (AvgIpc) is 2.80. The van der Waals surface area contributed by atoms with Crippen molar-refractivity contribution >= 4 is 0 Å². The molecule has 0 spiro atoms. The number of nitrogens with one attached hydrogen (secondary N) is 1. The normalized spacial score (nSPS) is 10.8. The van der Waals surface area contributed by atoms with Gasteiger partial charge in [-0.15, -0.1) is 0 Å². The lowest BCUT2D eigenvalue weighted by Gasteiger charge is -2.09. The van der Waals surface area contributed by atoms with Crippen molar-refractivity contribution in [3.8, 4) is 0 Å². The molecule has 0 aliphatic heterocycles. The highest BCUT2D eigenvalue weighted by Gasteiger charge is 2.10. The number of hydrogen-bond acceptors (Lipinski definition) is 2. The second kappa shape index (κ2) is 5.73. The summed E-state index contributed by atoms with van der Waals surface area (Å²) < 4.78 is 28.3. The summed E-state index contributed by atoms with van der Waals surface area (Å²) in [5.41, 5.74) is 1.25. The van der Waals surface area contributed by atoms with Gasteiger partial charge in [-0.1, -0.05) is 19.1 Å². The first-order chi connectivity index (χ1) is 8.72. The number of hydrogen-bond donors (Lipinski definition) is 1. The number of aromatic nitrogens is 2. The standard InChI is InChI=1S/C13H15F2N3/c1-2-16-8-11-6-7-17-18(11)9-10-4-3-5-12(14)13(10)15/h3-7,16H,2,8-9H2,1H3. The minimum Gasteiger partial charge on any atom is -0.311 e. The zero-order chi connectivity index (χ0) is 13.0. The lowest BCUT2D eigenvalue weighted by molar-refractivity contribution is 0.489. The van der Waals surface area contributed by atoms with Crippen LogP contribution in [0.15, 0.2) is 30.5 Å². The van der Waals surface area contributed by atoms with Gasteiger partial charge in [-0.3, -0.25) is 4.68 Å². The fraction of sp³-hybridized carbons (Fsp3) is 0.308. The molecule has 0 radical (unpaired) electrons. The van der Waals surface area contributed by atoms with Crippen LogP contribution in [0, 0.1) is 11.6 Å². The van der Waals surface area contributed by atoms with Crippen molar-refractivity contribution in [2.45, 2.75) is 20.0 Å². The molecular formula is C13H15F2N3. The topological polar surface area (TPSA) is 29.9 Å². The highest BCUT2D eigenvalue weighted by Crippen LogP contribution is 2.13. The van der Waals surface area contributed by atoms with Crippen molar-refractivity contribution in [2.75, 3.05) is 6.54 Å². The molecule has 3 nitrogen and oxygen atoms in total. The Morgan fingerprint density at radius 1 is 1.28 bits per heavy atom. The third-order valence-electron chi connectivity index (χ3n) is 2.71. The SMILES string of the molecule is CCNCc1ccnn1Cc1cccc(F)c1F. The quantitative estimate of drug-likeness (QED) is 0.883. The van der Waals surface area contributed by atoms with Crippen LogP contribution in [-0.2, 0) is 13.1 Å². The first kappa shape index (κ1) is 12.7. The molecule has 96 valence electrons. The van der Waals surface area contributed by atoms with Crippen molar-refractivity contribution in [1.29, 1.82) is 0 Å². The third-order valence-corrected chi connectivity index (χ3v) is 2.71. The maximum Gasteiger partial charge on any atom is 0.163 e. The van der Waals surface area contributed by atoms with Crippen LogP contribution in [0.25, 0.3) is 0 Å². The van der Waals surface area contributed by atoms with Crippen molar-refractivity contribution < 1.29 is 8.78 Å². The van der Waals surface area contributed by atoms with Crippen LogP contribution >= 0.6 is 0 Å². The Balaban J connectivity index is 2.18. The molecule has 0 unspecified atom stereocenters. The first-order valence-electron chi connectivity index (χ1n) is 5.86. The number of nitrogens with zero attached hydrogens (tertiary/aromatic N) is 2. The van der Waals surface area contributed by atoms with E-state index in [1.54, 1.807) is 16.9 Å². The van der Waals surface area contributed by atoms with E-state index < -0.39 is 11.6 Å². The van der Waals surface area contributed by atoms with Crippen LogP contribution in [0.3, 0.4) is 0 Å². The summed E-state index contributed by atoms with van der Waals surface area (Å²) in [6.45, 7) is 3.75. The van der Waals surface area contributed by atoms with E-state index in [9.17, 15) is 8.78 Å². The van der Waals surface area contributed by atoms with Gasteiger partial charge < -0.3 is 5.32 Å². The van der Waals surface area contributed by atoms with Gasteiger partial charge in [0.25, 0.3) is 0 Å². The second-order valence-corrected chi connectivity index (χ2v) is 3.97. The fourth-order valence-electron chi connectivity index (χ4n) is 1.74. The van der Waals surface area contributed by atoms with Crippen LogP contribution in [0.4, 0.5) is 8.78 Å². The molecule has 0 amide bonds. The minimum atomic E-state index is -0.826. The predicted octanol–water partition coefficient (Wildman–Crippen LogP) is 2.32. The Bertz CT molecular complexity index is 523. The van der Waals surface area contributed by atoms with Crippen molar-refractivity contribution in [2.24, 2.45) is 0 Å². The van der Waals surface area contributed by atoms with Gasteiger partial charge in [0, 0.05) is 18.3 Å². The predicted molar refractivity (Wildman–Crippen MR) is 65.1 cm³/mol. The molecular weight excluding hydrogens is 236 g/mol. The molecule has 2 rings (SSSR count). The van der Waals surface area contributed by atoms with E-state index >= 15 is 0 Å². The molecule has 0 bridgehead atoms. The van der Waals surface area contributed by atoms with Gasteiger partial charge in [-0.05, 0) is 18.7 Å². The third kappa shape index (κ3) is 2.73. The maximum atomic E-state index is 13.5. The summed E-state index contributed by atoms with van der Waals surface area (Å²) in [4.78, 5) is 0. The summed E-state index contributed by atoms with van der Waals surface area (Å²) in [6.07, 6.45) is 1.66. The Hall–Kier alpha value is -1.75. The van der Waals surface area contributed by atoms with Gasteiger partial charge in [0.15, 0.2) is 11.6 Å². The summed E-state index contributed by atoms with van der Waals surface area (Å²) in [6, 6.07) is 6.04. The van der Waals surface area contributed by atoms with E-state index in [1.165, 1.54) is 6.07 Å². The molecule has 0 saturated heterocycles. The Morgan fingerprint density at radius 2 is 2.11 bits per heavy atom. The molecule has 2 aromatic rings. The van der Waals surface area contributed by atoms with Gasteiger partial charge in [-0.2, -0.15) is 5.10 Å². The molecule has 0 aliphatic rings. The average molecular weight is 251 g/mol. The Labute approximate surface area is 104 Å². The van der Waals surface area contributed by atoms with Crippen molar-refractivity contribution in [3.05, 3.63) is 53.4 Å². The molecule has 1 heterocycles. The summed E-state index contributed by atoms with van der Waals surface area (Å²) in [5.74, 6) is -1.63.